The van der Waals surface area contributed by atoms with Crippen molar-refractivity contribution in [3.63, 3.8) is 0 Å². The smallest absolute Gasteiger partial charge is 0.270 e. The van der Waals surface area contributed by atoms with Crippen LogP contribution in [0.5, 0.6) is 0 Å². The third-order valence-corrected chi connectivity index (χ3v) is 9.69. The van der Waals surface area contributed by atoms with Gasteiger partial charge in [-0.2, -0.15) is 4.98 Å². The van der Waals surface area contributed by atoms with E-state index in [2.05, 4.69) is 25.2 Å². The predicted molar refractivity (Wildman–Crippen MR) is 159 cm³/mol. The van der Waals surface area contributed by atoms with Crippen LogP contribution in [-0.4, -0.2) is 69.1 Å². The van der Waals surface area contributed by atoms with Crippen molar-refractivity contribution in [3.8, 4) is 5.69 Å². The van der Waals surface area contributed by atoms with Gasteiger partial charge in [0.05, 0.1) is 22.0 Å². The molecule has 5 aromatic rings. The molecular weight excluding hydrogens is 587 g/mol. The fourth-order valence-electron chi connectivity index (χ4n) is 5.78. The van der Waals surface area contributed by atoms with Gasteiger partial charge in [-0.05, 0) is 42.8 Å². The van der Waals surface area contributed by atoms with Crippen molar-refractivity contribution in [2.75, 3.05) is 42.7 Å². The van der Waals surface area contributed by atoms with Crippen LogP contribution in [0.1, 0.15) is 6.42 Å². The third-order valence-electron chi connectivity index (χ3n) is 7.83. The van der Waals surface area contributed by atoms with E-state index in [9.17, 15) is 13.2 Å². The Morgan fingerprint density at radius 2 is 1.73 bits per heavy atom. The summed E-state index contributed by atoms with van der Waals surface area (Å²) in [4.78, 5) is 29.2. The van der Waals surface area contributed by atoms with Crippen LogP contribution in [0.2, 0.25) is 10.0 Å². The maximum Gasteiger partial charge on any atom is 0.270 e. The molecule has 0 bridgehead atoms. The summed E-state index contributed by atoms with van der Waals surface area (Å²) >= 11 is 12.8. The number of anilines is 3. The first-order chi connectivity index (χ1) is 19.6. The minimum absolute atomic E-state index is 0.0351. The number of halogens is 2. The summed E-state index contributed by atoms with van der Waals surface area (Å²) in [6.07, 6.45) is 6.92. The van der Waals surface area contributed by atoms with Gasteiger partial charge in [-0.25, -0.2) is 27.3 Å². The maximum absolute atomic E-state index is 13.6. The van der Waals surface area contributed by atoms with E-state index >= 15 is 0 Å². The number of para-hydroxylation sites is 1. The number of hydrogen-bond acceptors (Lipinski definition) is 8. The molecule has 0 radical (unpaired) electrons. The van der Waals surface area contributed by atoms with Crippen LogP contribution in [0.25, 0.3) is 22.5 Å². The highest BCUT2D eigenvalue weighted by Gasteiger charge is 2.49. The van der Waals surface area contributed by atoms with E-state index < -0.39 is 10.0 Å². The Labute approximate surface area is 245 Å². The van der Waals surface area contributed by atoms with Crippen molar-refractivity contribution in [3.05, 3.63) is 81.5 Å². The highest BCUT2D eigenvalue weighted by molar-refractivity contribution is 7.88. The average Bonchev–Trinajstić information content (AvgIpc) is 3.59. The van der Waals surface area contributed by atoms with Gasteiger partial charge in [0.25, 0.3) is 5.56 Å². The van der Waals surface area contributed by atoms with Crippen LogP contribution in [0, 0.1) is 5.41 Å². The highest BCUT2D eigenvalue weighted by atomic mass is 35.5. The molecule has 11 nitrogen and oxygen atoms in total. The van der Waals surface area contributed by atoms with Crippen LogP contribution in [0.15, 0.2) is 65.8 Å². The summed E-state index contributed by atoms with van der Waals surface area (Å²) in [5, 5.41) is 4.13. The van der Waals surface area contributed by atoms with Crippen molar-refractivity contribution in [2.45, 2.75) is 6.42 Å². The van der Waals surface area contributed by atoms with Gasteiger partial charge in [-0.3, -0.25) is 9.20 Å². The van der Waals surface area contributed by atoms with E-state index in [0.29, 0.717) is 46.2 Å². The molecule has 14 heteroatoms. The number of sulfonamides is 1. The van der Waals surface area contributed by atoms with Gasteiger partial charge in [0.1, 0.15) is 5.39 Å². The lowest BCUT2D eigenvalue weighted by molar-refractivity contribution is 0.230. The molecule has 7 rings (SSSR count). The van der Waals surface area contributed by atoms with Crippen molar-refractivity contribution in [1.29, 1.82) is 0 Å². The number of rotatable bonds is 5. The molecule has 5 heterocycles. The van der Waals surface area contributed by atoms with Crippen molar-refractivity contribution < 1.29 is 8.42 Å². The third kappa shape index (κ3) is 4.42. The molecule has 1 N–H and O–H groups in total. The van der Waals surface area contributed by atoms with Gasteiger partial charge in [-0.15, -0.1) is 0 Å². The van der Waals surface area contributed by atoms with Gasteiger partial charge >= 0.3 is 0 Å². The number of fused-ring (bicyclic) bond motifs is 3. The van der Waals surface area contributed by atoms with Crippen molar-refractivity contribution in [1.82, 2.24) is 28.2 Å². The van der Waals surface area contributed by atoms with Gasteiger partial charge in [-0.1, -0.05) is 29.3 Å². The first kappa shape index (κ1) is 26.2. The second-order valence-electron chi connectivity index (χ2n) is 10.6. The van der Waals surface area contributed by atoms with Crippen LogP contribution in [0.4, 0.5) is 17.3 Å². The van der Waals surface area contributed by atoms with Crippen LogP contribution in [0.3, 0.4) is 0 Å². The number of imidazole rings is 1. The van der Waals surface area contributed by atoms with Crippen molar-refractivity contribution in [2.24, 2.45) is 5.41 Å². The van der Waals surface area contributed by atoms with E-state index in [0.717, 1.165) is 30.9 Å². The van der Waals surface area contributed by atoms with E-state index in [1.54, 1.807) is 39.3 Å². The summed E-state index contributed by atoms with van der Waals surface area (Å²) < 4.78 is 28.5. The van der Waals surface area contributed by atoms with E-state index in [1.165, 1.54) is 17.0 Å². The molecule has 0 aliphatic carbocycles. The fourth-order valence-corrected chi connectivity index (χ4v) is 7.27. The van der Waals surface area contributed by atoms with Gasteiger partial charge in [0.15, 0.2) is 5.65 Å². The van der Waals surface area contributed by atoms with E-state index in [-0.39, 0.29) is 16.4 Å². The predicted octanol–water partition coefficient (Wildman–Crippen LogP) is 3.95. The molecular formula is C27H24Cl2N8O3S. The Balaban J connectivity index is 1.14. The zero-order valence-corrected chi connectivity index (χ0v) is 24.2. The lowest BCUT2D eigenvalue weighted by Gasteiger charge is -2.49. The molecule has 210 valence electrons. The largest absolute Gasteiger partial charge is 0.370 e. The summed E-state index contributed by atoms with van der Waals surface area (Å²) in [5.41, 5.74) is 2.23. The minimum Gasteiger partial charge on any atom is -0.370 e. The second kappa shape index (κ2) is 9.41. The highest BCUT2D eigenvalue weighted by Crippen LogP contribution is 2.42. The minimum atomic E-state index is -3.15. The van der Waals surface area contributed by atoms with Crippen molar-refractivity contribution >= 4 is 67.4 Å². The molecule has 2 fully saturated rings. The SMILES string of the molecule is CS(=O)(=O)N1CCC2(CN(c3ccc(Nc4ncc5c(=O)n(-c6c(Cl)cccc6Cl)c6nccn6c5n4)cc3)C2)C1. The topological polar surface area (TPSA) is 118 Å². The number of benzene rings is 2. The zero-order valence-electron chi connectivity index (χ0n) is 21.8. The molecule has 3 aromatic heterocycles. The number of nitrogens with zero attached hydrogens (tertiary/aromatic N) is 7. The molecule has 0 saturated carbocycles. The molecule has 2 aromatic carbocycles. The Bertz CT molecular complexity index is 1980. The maximum atomic E-state index is 13.6. The van der Waals surface area contributed by atoms with Gasteiger partial charge in [0, 0.05) is 61.6 Å². The first-order valence-electron chi connectivity index (χ1n) is 12.9. The molecule has 0 atom stereocenters. The molecule has 2 saturated heterocycles. The van der Waals surface area contributed by atoms with Crippen LogP contribution >= 0.6 is 23.2 Å². The summed E-state index contributed by atoms with van der Waals surface area (Å²) in [6, 6.07) is 12.9. The molecule has 2 aliphatic rings. The first-order valence-corrected chi connectivity index (χ1v) is 15.5. The summed E-state index contributed by atoms with van der Waals surface area (Å²) in [7, 11) is -3.15. The molecule has 41 heavy (non-hydrogen) atoms. The van der Waals surface area contributed by atoms with Gasteiger partial charge < -0.3 is 10.2 Å². The standard InChI is InChI=1S/C27H24Cl2N8O3S/c1-41(39,40)35-11-9-27(16-35)14-34(15-27)18-7-5-17(6-8-18)32-25-31-13-19-23(33-25)36-12-10-30-26(36)37(24(19)38)22-20(28)3-2-4-21(22)29/h2-8,10,12-13H,9,11,14-16H2,1H3,(H,31,32,33). The summed E-state index contributed by atoms with van der Waals surface area (Å²) in [5.74, 6) is 0.642. The van der Waals surface area contributed by atoms with E-state index in [4.69, 9.17) is 23.2 Å². The van der Waals surface area contributed by atoms with Gasteiger partial charge in [0.2, 0.25) is 21.7 Å². The van der Waals surface area contributed by atoms with Crippen LogP contribution in [-0.2, 0) is 10.0 Å². The molecule has 0 unspecified atom stereocenters. The van der Waals surface area contributed by atoms with E-state index in [1.807, 2.05) is 24.3 Å². The lowest BCUT2D eigenvalue weighted by Crippen LogP contribution is -2.57. The number of nitrogens with one attached hydrogen (secondary N) is 1. The quantitative estimate of drug-likeness (QED) is 0.318. The fraction of sp³-hybridized carbons (Fsp3) is 0.259. The zero-order chi connectivity index (χ0) is 28.5. The normalized spacial score (nSPS) is 17.0. The second-order valence-corrected chi connectivity index (χ2v) is 13.4. The Hall–Kier alpha value is -3.71. The lowest BCUT2D eigenvalue weighted by atomic mass is 9.79. The Morgan fingerprint density at radius 1 is 1.00 bits per heavy atom. The van der Waals surface area contributed by atoms with Crippen LogP contribution < -0.4 is 15.8 Å². The number of hydrogen-bond donors (Lipinski definition) is 1. The molecule has 0 amide bonds. The average molecular weight is 612 g/mol. The number of aromatic nitrogens is 5. The monoisotopic (exact) mass is 610 g/mol. The Kier molecular flexibility index (Phi) is 6.02. The Morgan fingerprint density at radius 3 is 2.41 bits per heavy atom. The molecule has 2 aliphatic heterocycles. The summed E-state index contributed by atoms with van der Waals surface area (Å²) in [6.45, 7) is 2.84. The molecule has 1 spiro atoms.